The van der Waals surface area contributed by atoms with E-state index in [-0.39, 0.29) is 0 Å². The summed E-state index contributed by atoms with van der Waals surface area (Å²) in [5.74, 6) is 0.496. The number of nitrogen functional groups attached to an aromatic ring is 1. The summed E-state index contributed by atoms with van der Waals surface area (Å²) in [4.78, 5) is 0. The Balaban J connectivity index is 1.76. The van der Waals surface area contributed by atoms with Gasteiger partial charge in [-0.2, -0.15) is 5.26 Å². The largest absolute Gasteiger partial charge is 0.490 e. The van der Waals surface area contributed by atoms with E-state index in [1.165, 1.54) is 0 Å². The molecule has 102 valence electrons. The van der Waals surface area contributed by atoms with Crippen LogP contribution in [0.25, 0.3) is 0 Å². The van der Waals surface area contributed by atoms with Crippen molar-refractivity contribution in [1.82, 2.24) is 0 Å². The monoisotopic (exact) mass is 268 g/mol. The van der Waals surface area contributed by atoms with Crippen LogP contribution in [0.15, 0.2) is 48.5 Å². The van der Waals surface area contributed by atoms with Crippen LogP contribution in [0, 0.1) is 11.3 Å². The lowest BCUT2D eigenvalue weighted by Gasteiger charge is -2.09. The van der Waals surface area contributed by atoms with E-state index in [0.717, 1.165) is 5.56 Å². The number of hydrogen-bond donors (Lipinski definition) is 1. The van der Waals surface area contributed by atoms with Crippen molar-refractivity contribution in [3.63, 3.8) is 0 Å². The van der Waals surface area contributed by atoms with Crippen molar-refractivity contribution in [2.24, 2.45) is 0 Å². The lowest BCUT2D eigenvalue weighted by atomic mass is 10.2. The molecule has 0 aliphatic rings. The van der Waals surface area contributed by atoms with Crippen LogP contribution in [0.1, 0.15) is 11.1 Å². The van der Waals surface area contributed by atoms with Gasteiger partial charge in [0, 0.05) is 11.8 Å². The molecule has 0 aliphatic carbocycles. The predicted octanol–water partition coefficient (Wildman–Crippen LogP) is 2.74. The minimum atomic E-state index is 0.380. The molecule has 0 aliphatic heterocycles. The number of nitriles is 1. The van der Waals surface area contributed by atoms with E-state index in [1.54, 1.807) is 18.2 Å². The highest BCUT2D eigenvalue weighted by molar-refractivity contribution is 5.52. The molecule has 0 heterocycles. The zero-order valence-electron chi connectivity index (χ0n) is 11.1. The highest BCUT2D eigenvalue weighted by atomic mass is 16.5. The van der Waals surface area contributed by atoms with Crippen molar-refractivity contribution in [2.75, 3.05) is 18.9 Å². The molecular formula is C16H16N2O2. The lowest BCUT2D eigenvalue weighted by molar-refractivity contribution is 0.0888. The van der Waals surface area contributed by atoms with Crippen molar-refractivity contribution < 1.29 is 9.47 Å². The van der Waals surface area contributed by atoms with Gasteiger partial charge in [0.25, 0.3) is 0 Å². The first-order valence-corrected chi connectivity index (χ1v) is 6.33. The van der Waals surface area contributed by atoms with Gasteiger partial charge in [-0.1, -0.05) is 30.3 Å². The van der Waals surface area contributed by atoms with Crippen molar-refractivity contribution in [3.05, 3.63) is 59.7 Å². The number of nitrogens with zero attached hydrogens (tertiary/aromatic N) is 1. The fourth-order valence-corrected chi connectivity index (χ4v) is 1.73. The molecule has 0 fully saturated rings. The maximum Gasteiger partial charge on any atom is 0.139 e. The van der Waals surface area contributed by atoms with Crippen LogP contribution in [0.2, 0.25) is 0 Å². The number of ether oxygens (including phenoxy) is 2. The van der Waals surface area contributed by atoms with Crippen LogP contribution in [0.3, 0.4) is 0 Å². The van der Waals surface area contributed by atoms with Crippen molar-refractivity contribution in [2.45, 2.75) is 6.61 Å². The molecule has 0 spiro atoms. The number of benzene rings is 2. The van der Waals surface area contributed by atoms with Gasteiger partial charge in [-0.3, -0.25) is 0 Å². The van der Waals surface area contributed by atoms with Gasteiger partial charge in [-0.15, -0.1) is 0 Å². The molecule has 4 heteroatoms. The summed E-state index contributed by atoms with van der Waals surface area (Å²) in [6.07, 6.45) is 0. The van der Waals surface area contributed by atoms with Gasteiger partial charge in [0.05, 0.1) is 18.8 Å². The fourth-order valence-electron chi connectivity index (χ4n) is 1.73. The summed E-state index contributed by atoms with van der Waals surface area (Å²) in [6.45, 7) is 1.38. The molecule has 0 saturated heterocycles. The van der Waals surface area contributed by atoms with Gasteiger partial charge < -0.3 is 15.2 Å². The second kappa shape index (κ2) is 7.17. The first kappa shape index (κ1) is 13.9. The van der Waals surface area contributed by atoms with E-state index in [0.29, 0.717) is 36.8 Å². The van der Waals surface area contributed by atoms with Crippen LogP contribution >= 0.6 is 0 Å². The van der Waals surface area contributed by atoms with E-state index in [9.17, 15) is 0 Å². The second-order valence-electron chi connectivity index (χ2n) is 4.25. The Kier molecular flexibility index (Phi) is 4.99. The first-order valence-electron chi connectivity index (χ1n) is 6.33. The molecule has 0 unspecified atom stereocenters. The molecule has 0 saturated carbocycles. The quantitative estimate of drug-likeness (QED) is 0.646. The zero-order chi connectivity index (χ0) is 14.2. The Morgan fingerprint density at radius 2 is 1.85 bits per heavy atom. The molecule has 2 N–H and O–H groups in total. The average molecular weight is 268 g/mol. The third-order valence-corrected chi connectivity index (χ3v) is 2.72. The lowest BCUT2D eigenvalue weighted by Crippen LogP contribution is -2.07. The Bertz CT molecular complexity index is 591. The molecule has 0 bridgehead atoms. The summed E-state index contributed by atoms with van der Waals surface area (Å²) in [6, 6.07) is 17.0. The Hall–Kier alpha value is -2.51. The fraction of sp³-hybridized carbons (Fsp3) is 0.188. The number of anilines is 1. The summed E-state index contributed by atoms with van der Waals surface area (Å²) in [5.41, 5.74) is 7.84. The van der Waals surface area contributed by atoms with Crippen molar-refractivity contribution >= 4 is 5.69 Å². The summed E-state index contributed by atoms with van der Waals surface area (Å²) >= 11 is 0. The molecular weight excluding hydrogens is 252 g/mol. The molecule has 0 atom stereocenters. The van der Waals surface area contributed by atoms with Gasteiger partial charge in [0.2, 0.25) is 0 Å². The summed E-state index contributed by atoms with van der Waals surface area (Å²) in [5, 5.41) is 8.96. The normalized spacial score (nSPS) is 9.95. The van der Waals surface area contributed by atoms with Gasteiger partial charge in [-0.05, 0) is 17.7 Å². The van der Waals surface area contributed by atoms with Crippen LogP contribution in [0.4, 0.5) is 5.69 Å². The number of hydrogen-bond acceptors (Lipinski definition) is 4. The zero-order valence-corrected chi connectivity index (χ0v) is 11.1. The minimum absolute atomic E-state index is 0.380. The standard InChI is InChI=1S/C16H16N2O2/c17-11-14-6-7-15(18)10-16(14)20-9-8-19-12-13-4-2-1-3-5-13/h1-7,10H,8-9,12,18H2. The van der Waals surface area contributed by atoms with Crippen molar-refractivity contribution in [1.29, 1.82) is 5.26 Å². The highest BCUT2D eigenvalue weighted by Gasteiger charge is 2.03. The molecule has 2 aromatic rings. The Labute approximate surface area is 118 Å². The maximum atomic E-state index is 8.96. The average Bonchev–Trinajstić information content (AvgIpc) is 2.48. The summed E-state index contributed by atoms with van der Waals surface area (Å²) < 4.78 is 11.0. The Morgan fingerprint density at radius 1 is 1.05 bits per heavy atom. The molecule has 4 nitrogen and oxygen atoms in total. The van der Waals surface area contributed by atoms with Crippen LogP contribution in [-0.2, 0) is 11.3 Å². The van der Waals surface area contributed by atoms with Gasteiger partial charge in [0.1, 0.15) is 18.4 Å². The van der Waals surface area contributed by atoms with Crippen molar-refractivity contribution in [3.8, 4) is 11.8 Å². The smallest absolute Gasteiger partial charge is 0.139 e. The van der Waals surface area contributed by atoms with E-state index in [1.807, 2.05) is 30.3 Å². The summed E-state index contributed by atoms with van der Waals surface area (Å²) in [7, 11) is 0. The number of rotatable bonds is 6. The van der Waals surface area contributed by atoms with Gasteiger partial charge >= 0.3 is 0 Å². The minimum Gasteiger partial charge on any atom is -0.490 e. The van der Waals surface area contributed by atoms with Crippen LogP contribution < -0.4 is 10.5 Å². The van der Waals surface area contributed by atoms with E-state index in [4.69, 9.17) is 20.5 Å². The third kappa shape index (κ3) is 4.01. The SMILES string of the molecule is N#Cc1ccc(N)cc1OCCOCc1ccccc1. The topological polar surface area (TPSA) is 68.3 Å². The number of nitrogens with two attached hydrogens (primary N) is 1. The first-order chi connectivity index (χ1) is 9.79. The Morgan fingerprint density at radius 3 is 2.60 bits per heavy atom. The predicted molar refractivity (Wildman–Crippen MR) is 77.2 cm³/mol. The molecule has 2 rings (SSSR count). The molecule has 0 radical (unpaired) electrons. The van der Waals surface area contributed by atoms with E-state index in [2.05, 4.69) is 6.07 Å². The second-order valence-corrected chi connectivity index (χ2v) is 4.25. The molecule has 0 amide bonds. The molecule has 0 aromatic heterocycles. The van der Waals surface area contributed by atoms with Crippen LogP contribution in [-0.4, -0.2) is 13.2 Å². The van der Waals surface area contributed by atoms with Gasteiger partial charge in [-0.25, -0.2) is 0 Å². The molecule has 20 heavy (non-hydrogen) atoms. The van der Waals surface area contributed by atoms with E-state index >= 15 is 0 Å². The molecule has 2 aromatic carbocycles. The van der Waals surface area contributed by atoms with Crippen LogP contribution in [0.5, 0.6) is 5.75 Å². The van der Waals surface area contributed by atoms with Gasteiger partial charge in [0.15, 0.2) is 0 Å². The third-order valence-electron chi connectivity index (χ3n) is 2.72. The van der Waals surface area contributed by atoms with E-state index < -0.39 is 0 Å². The highest BCUT2D eigenvalue weighted by Crippen LogP contribution is 2.20. The maximum absolute atomic E-state index is 8.96.